The summed E-state index contributed by atoms with van der Waals surface area (Å²) in [6, 6.07) is 2.07. The highest BCUT2D eigenvalue weighted by Gasteiger charge is 2.33. The summed E-state index contributed by atoms with van der Waals surface area (Å²) in [7, 11) is 0. The summed E-state index contributed by atoms with van der Waals surface area (Å²) >= 11 is 15.1. The van der Waals surface area contributed by atoms with Gasteiger partial charge in [0.05, 0.1) is 19.1 Å². The third kappa shape index (κ3) is 2.60. The van der Waals surface area contributed by atoms with Gasteiger partial charge >= 0.3 is 0 Å². The highest BCUT2D eigenvalue weighted by atomic mass is 79.9. The maximum absolute atomic E-state index is 6.46. The van der Waals surface area contributed by atoms with E-state index in [1.165, 1.54) is 0 Å². The molecule has 1 fully saturated rings. The van der Waals surface area contributed by atoms with E-state index in [0.717, 1.165) is 26.2 Å². The van der Waals surface area contributed by atoms with Crippen LogP contribution in [-0.2, 0) is 4.74 Å². The SMILES string of the molecule is CC1CCOC1C(Cl)c1cc(Br)sc1Br. The molecule has 0 radical (unpaired) electrons. The molecule has 2 heterocycles. The first-order chi connectivity index (χ1) is 7.09. The smallest absolute Gasteiger partial charge is 0.0869 e. The minimum absolute atomic E-state index is 0.0561. The van der Waals surface area contributed by atoms with Crippen molar-refractivity contribution < 1.29 is 4.74 Å². The molecule has 5 heteroatoms. The molecule has 0 spiro atoms. The van der Waals surface area contributed by atoms with Gasteiger partial charge in [0.25, 0.3) is 0 Å². The van der Waals surface area contributed by atoms with E-state index in [-0.39, 0.29) is 11.5 Å². The normalized spacial score (nSPS) is 28.3. The van der Waals surface area contributed by atoms with Crippen molar-refractivity contribution in [1.29, 1.82) is 0 Å². The van der Waals surface area contributed by atoms with Gasteiger partial charge in [-0.05, 0) is 55.8 Å². The van der Waals surface area contributed by atoms with Crippen molar-refractivity contribution in [3.8, 4) is 0 Å². The largest absolute Gasteiger partial charge is 0.376 e. The van der Waals surface area contributed by atoms with Crippen molar-refractivity contribution >= 4 is 54.8 Å². The summed E-state index contributed by atoms with van der Waals surface area (Å²) in [5, 5.41) is -0.0561. The van der Waals surface area contributed by atoms with E-state index in [9.17, 15) is 0 Å². The zero-order valence-corrected chi connectivity index (χ0v) is 12.9. The van der Waals surface area contributed by atoms with E-state index in [1.807, 2.05) is 0 Å². The lowest BCUT2D eigenvalue weighted by molar-refractivity contribution is 0.0903. The lowest BCUT2D eigenvalue weighted by atomic mass is 9.98. The van der Waals surface area contributed by atoms with E-state index in [1.54, 1.807) is 11.3 Å². The van der Waals surface area contributed by atoms with Crippen molar-refractivity contribution in [1.82, 2.24) is 0 Å². The Labute approximate surface area is 115 Å². The number of thiophene rings is 1. The minimum Gasteiger partial charge on any atom is -0.376 e. The lowest BCUT2D eigenvalue weighted by Gasteiger charge is -2.20. The van der Waals surface area contributed by atoms with E-state index < -0.39 is 0 Å². The van der Waals surface area contributed by atoms with Crippen LogP contribution in [0.2, 0.25) is 0 Å². The standard InChI is InChI=1S/C10H11Br2ClOS/c1-5-2-3-14-9(5)8(13)6-4-7(11)15-10(6)12/h4-5,8-9H,2-3H2,1H3. The predicted molar refractivity (Wildman–Crippen MR) is 71.8 cm³/mol. The van der Waals surface area contributed by atoms with Gasteiger partial charge < -0.3 is 4.74 Å². The summed E-state index contributed by atoms with van der Waals surface area (Å²) in [4.78, 5) is 0. The first kappa shape index (κ1) is 12.4. The molecule has 1 saturated heterocycles. The average molecular weight is 375 g/mol. The maximum atomic E-state index is 6.46. The molecule has 0 N–H and O–H groups in total. The fourth-order valence-corrected chi connectivity index (χ4v) is 5.43. The molecule has 84 valence electrons. The molecular weight excluding hydrogens is 363 g/mol. The fraction of sp³-hybridized carbons (Fsp3) is 0.600. The number of hydrogen-bond donors (Lipinski definition) is 0. The molecule has 1 nitrogen and oxygen atoms in total. The van der Waals surface area contributed by atoms with E-state index in [4.69, 9.17) is 16.3 Å². The Kier molecular flexibility index (Phi) is 4.16. The van der Waals surface area contributed by atoms with Crippen LogP contribution in [0.25, 0.3) is 0 Å². The van der Waals surface area contributed by atoms with Crippen LogP contribution >= 0.6 is 54.8 Å². The second-order valence-electron chi connectivity index (χ2n) is 3.78. The van der Waals surface area contributed by atoms with Gasteiger partial charge in [-0.1, -0.05) is 6.92 Å². The molecule has 0 bridgehead atoms. The Morgan fingerprint density at radius 1 is 1.60 bits per heavy atom. The Bertz CT molecular complexity index is 355. The first-order valence-corrected chi connectivity index (χ1v) is 7.64. The molecule has 0 aliphatic carbocycles. The van der Waals surface area contributed by atoms with Gasteiger partial charge in [-0.2, -0.15) is 0 Å². The Hall–Kier alpha value is 0.910. The third-order valence-electron chi connectivity index (χ3n) is 2.71. The zero-order valence-electron chi connectivity index (χ0n) is 8.17. The van der Waals surface area contributed by atoms with Crippen LogP contribution in [0.5, 0.6) is 0 Å². The molecule has 0 saturated carbocycles. The van der Waals surface area contributed by atoms with E-state index >= 15 is 0 Å². The van der Waals surface area contributed by atoms with Gasteiger partial charge in [-0.25, -0.2) is 0 Å². The number of halogens is 3. The Morgan fingerprint density at radius 3 is 2.80 bits per heavy atom. The van der Waals surface area contributed by atoms with E-state index in [0.29, 0.717) is 5.92 Å². The topological polar surface area (TPSA) is 9.23 Å². The van der Waals surface area contributed by atoms with Crippen LogP contribution in [0, 0.1) is 5.92 Å². The Morgan fingerprint density at radius 2 is 2.33 bits per heavy atom. The van der Waals surface area contributed by atoms with Gasteiger partial charge in [0.1, 0.15) is 0 Å². The molecule has 3 unspecified atom stereocenters. The number of rotatable bonds is 2. The van der Waals surface area contributed by atoms with Crippen LogP contribution < -0.4 is 0 Å². The van der Waals surface area contributed by atoms with Crippen molar-refractivity contribution in [2.75, 3.05) is 6.61 Å². The first-order valence-electron chi connectivity index (χ1n) is 4.80. The molecule has 1 aliphatic heterocycles. The maximum Gasteiger partial charge on any atom is 0.0869 e. The van der Waals surface area contributed by atoms with Gasteiger partial charge in [-0.15, -0.1) is 22.9 Å². The number of alkyl halides is 1. The quantitative estimate of drug-likeness (QED) is 0.664. The second kappa shape index (κ2) is 5.05. The minimum atomic E-state index is -0.0561. The van der Waals surface area contributed by atoms with Crippen LogP contribution in [-0.4, -0.2) is 12.7 Å². The van der Waals surface area contributed by atoms with Crippen LogP contribution in [0.1, 0.15) is 24.3 Å². The Balaban J connectivity index is 2.19. The molecule has 2 rings (SSSR count). The lowest BCUT2D eigenvalue weighted by Crippen LogP contribution is -2.19. The summed E-state index contributed by atoms with van der Waals surface area (Å²) in [5.74, 6) is 0.540. The molecule has 1 aromatic heterocycles. The van der Waals surface area contributed by atoms with Crippen molar-refractivity contribution in [3.05, 3.63) is 19.2 Å². The van der Waals surface area contributed by atoms with Gasteiger partial charge in [-0.3, -0.25) is 0 Å². The average Bonchev–Trinajstić information content (AvgIpc) is 2.71. The molecule has 0 amide bonds. The summed E-state index contributed by atoms with van der Waals surface area (Å²) < 4.78 is 7.87. The highest BCUT2D eigenvalue weighted by Crippen LogP contribution is 2.43. The molecule has 3 atom stereocenters. The third-order valence-corrected chi connectivity index (χ3v) is 5.58. The van der Waals surface area contributed by atoms with Crippen LogP contribution in [0.15, 0.2) is 13.6 Å². The molecule has 1 aliphatic rings. The van der Waals surface area contributed by atoms with Gasteiger partial charge in [0.2, 0.25) is 0 Å². The number of ether oxygens (including phenoxy) is 1. The molecule has 1 aromatic rings. The summed E-state index contributed by atoms with van der Waals surface area (Å²) in [5.41, 5.74) is 1.13. The van der Waals surface area contributed by atoms with Crippen molar-refractivity contribution in [2.24, 2.45) is 5.92 Å². The molecule has 15 heavy (non-hydrogen) atoms. The molecular formula is C10H11Br2ClOS. The van der Waals surface area contributed by atoms with Crippen LogP contribution in [0.4, 0.5) is 0 Å². The van der Waals surface area contributed by atoms with Gasteiger partial charge in [0.15, 0.2) is 0 Å². The van der Waals surface area contributed by atoms with Gasteiger partial charge in [0, 0.05) is 6.61 Å². The summed E-state index contributed by atoms with van der Waals surface area (Å²) in [6.45, 7) is 3.03. The molecule has 0 aromatic carbocycles. The monoisotopic (exact) mass is 372 g/mol. The predicted octanol–water partition coefficient (Wildman–Crippen LogP) is 4.98. The van der Waals surface area contributed by atoms with Crippen LogP contribution in [0.3, 0.4) is 0 Å². The number of hydrogen-bond acceptors (Lipinski definition) is 2. The summed E-state index contributed by atoms with van der Waals surface area (Å²) in [6.07, 6.45) is 1.25. The fourth-order valence-electron chi connectivity index (χ4n) is 1.81. The van der Waals surface area contributed by atoms with Crippen molar-refractivity contribution in [3.63, 3.8) is 0 Å². The zero-order chi connectivity index (χ0) is 11.0. The highest BCUT2D eigenvalue weighted by molar-refractivity contribution is 9.12. The van der Waals surface area contributed by atoms with E-state index in [2.05, 4.69) is 44.8 Å². The van der Waals surface area contributed by atoms with Crippen molar-refractivity contribution in [2.45, 2.75) is 24.8 Å². The second-order valence-corrected chi connectivity index (χ2v) is 8.00.